The standard InChI is InChI=1S/C10H10BrN3/c11-8-1-2-9-10(7-3-12-4-7)13-6-14(9)5-8/h1-2,5-7,12H,3-4H2. The molecule has 4 heteroatoms. The molecule has 0 radical (unpaired) electrons. The third-order valence-corrected chi connectivity index (χ3v) is 3.16. The largest absolute Gasteiger partial charge is 0.315 e. The Balaban J connectivity index is 2.16. The van der Waals surface area contributed by atoms with Gasteiger partial charge in [-0.15, -0.1) is 0 Å². The van der Waals surface area contributed by atoms with Crippen LogP contribution in [-0.4, -0.2) is 22.5 Å². The molecule has 1 saturated heterocycles. The fourth-order valence-corrected chi connectivity index (χ4v) is 2.14. The molecule has 2 aromatic heterocycles. The fourth-order valence-electron chi connectivity index (χ4n) is 1.79. The summed E-state index contributed by atoms with van der Waals surface area (Å²) in [7, 11) is 0. The van der Waals surface area contributed by atoms with Crippen molar-refractivity contribution in [2.45, 2.75) is 5.92 Å². The number of fused-ring (bicyclic) bond motifs is 1. The van der Waals surface area contributed by atoms with Gasteiger partial charge in [0, 0.05) is 29.7 Å². The number of pyridine rings is 1. The summed E-state index contributed by atoms with van der Waals surface area (Å²) in [6.07, 6.45) is 3.92. The average molecular weight is 252 g/mol. The van der Waals surface area contributed by atoms with Gasteiger partial charge in [0.25, 0.3) is 0 Å². The lowest BCUT2D eigenvalue weighted by molar-refractivity contribution is 0.443. The predicted molar refractivity (Wildman–Crippen MR) is 58.5 cm³/mol. The lowest BCUT2D eigenvalue weighted by Crippen LogP contribution is -2.40. The number of hydrogen-bond acceptors (Lipinski definition) is 2. The number of halogens is 1. The molecule has 0 aliphatic carbocycles. The Morgan fingerprint density at radius 1 is 1.43 bits per heavy atom. The van der Waals surface area contributed by atoms with Crippen molar-refractivity contribution in [2.75, 3.05) is 13.1 Å². The molecule has 0 aromatic carbocycles. The van der Waals surface area contributed by atoms with E-state index in [0.29, 0.717) is 5.92 Å². The molecule has 0 unspecified atom stereocenters. The number of nitrogens with one attached hydrogen (secondary N) is 1. The van der Waals surface area contributed by atoms with Crippen molar-refractivity contribution < 1.29 is 0 Å². The summed E-state index contributed by atoms with van der Waals surface area (Å²) in [5.74, 6) is 0.598. The summed E-state index contributed by atoms with van der Waals surface area (Å²) in [5.41, 5.74) is 2.44. The van der Waals surface area contributed by atoms with E-state index < -0.39 is 0 Å². The van der Waals surface area contributed by atoms with Gasteiger partial charge in [-0.25, -0.2) is 4.98 Å². The van der Waals surface area contributed by atoms with Gasteiger partial charge in [-0.1, -0.05) is 0 Å². The molecule has 2 aromatic rings. The summed E-state index contributed by atoms with van der Waals surface area (Å²) in [6.45, 7) is 2.12. The van der Waals surface area contributed by atoms with E-state index in [0.717, 1.165) is 17.6 Å². The molecular formula is C10H10BrN3. The van der Waals surface area contributed by atoms with Crippen LogP contribution in [0.5, 0.6) is 0 Å². The van der Waals surface area contributed by atoms with E-state index in [1.54, 1.807) is 0 Å². The Morgan fingerprint density at radius 3 is 3.00 bits per heavy atom. The Bertz CT molecular complexity index is 473. The molecule has 0 amide bonds. The number of imidazole rings is 1. The van der Waals surface area contributed by atoms with Gasteiger partial charge >= 0.3 is 0 Å². The SMILES string of the molecule is Brc1ccc2c(C3CNC3)ncn2c1. The highest BCUT2D eigenvalue weighted by atomic mass is 79.9. The summed E-state index contributed by atoms with van der Waals surface area (Å²) in [5, 5.41) is 3.27. The molecule has 72 valence electrons. The second kappa shape index (κ2) is 3.07. The molecule has 1 aliphatic heterocycles. The highest BCUT2D eigenvalue weighted by molar-refractivity contribution is 9.10. The van der Waals surface area contributed by atoms with Crippen LogP contribution in [0.15, 0.2) is 29.1 Å². The van der Waals surface area contributed by atoms with Crippen LogP contribution in [0, 0.1) is 0 Å². The maximum absolute atomic E-state index is 4.46. The molecule has 14 heavy (non-hydrogen) atoms. The van der Waals surface area contributed by atoms with Crippen molar-refractivity contribution in [3.05, 3.63) is 34.8 Å². The molecule has 1 aliphatic rings. The van der Waals surface area contributed by atoms with Crippen LogP contribution in [0.25, 0.3) is 5.52 Å². The lowest BCUT2D eigenvalue weighted by Gasteiger charge is -2.25. The second-order valence-corrected chi connectivity index (χ2v) is 4.54. The maximum atomic E-state index is 4.46. The first-order valence-corrected chi connectivity index (χ1v) is 5.47. The highest BCUT2D eigenvalue weighted by Gasteiger charge is 2.22. The highest BCUT2D eigenvalue weighted by Crippen LogP contribution is 2.24. The number of nitrogens with zero attached hydrogens (tertiary/aromatic N) is 2. The minimum absolute atomic E-state index is 0.598. The molecule has 0 saturated carbocycles. The molecule has 1 fully saturated rings. The van der Waals surface area contributed by atoms with Gasteiger partial charge in [0.2, 0.25) is 0 Å². The van der Waals surface area contributed by atoms with Gasteiger partial charge < -0.3 is 9.72 Å². The molecule has 3 heterocycles. The molecule has 0 atom stereocenters. The first kappa shape index (κ1) is 8.44. The first-order chi connectivity index (χ1) is 6.84. The van der Waals surface area contributed by atoms with Crippen LogP contribution in [-0.2, 0) is 0 Å². The van der Waals surface area contributed by atoms with E-state index in [2.05, 4.69) is 42.8 Å². The Kier molecular flexibility index (Phi) is 1.85. The van der Waals surface area contributed by atoms with Crippen LogP contribution < -0.4 is 5.32 Å². The van der Waals surface area contributed by atoms with E-state index in [-0.39, 0.29) is 0 Å². The molecule has 0 bridgehead atoms. The number of aromatic nitrogens is 2. The monoisotopic (exact) mass is 251 g/mol. The van der Waals surface area contributed by atoms with Gasteiger partial charge in [-0.3, -0.25) is 0 Å². The first-order valence-electron chi connectivity index (χ1n) is 4.67. The topological polar surface area (TPSA) is 29.3 Å². The molecule has 1 N–H and O–H groups in total. The van der Waals surface area contributed by atoms with Crippen LogP contribution in [0.4, 0.5) is 0 Å². The van der Waals surface area contributed by atoms with Crippen molar-refractivity contribution >= 4 is 21.4 Å². The van der Waals surface area contributed by atoms with Gasteiger partial charge in [-0.05, 0) is 28.1 Å². The van der Waals surface area contributed by atoms with Crippen molar-refractivity contribution in [1.29, 1.82) is 0 Å². The third kappa shape index (κ3) is 1.18. The Hall–Kier alpha value is -0.870. The summed E-state index contributed by atoms with van der Waals surface area (Å²) < 4.78 is 3.15. The summed E-state index contributed by atoms with van der Waals surface area (Å²) >= 11 is 3.45. The van der Waals surface area contributed by atoms with Crippen LogP contribution in [0.2, 0.25) is 0 Å². The third-order valence-electron chi connectivity index (χ3n) is 2.69. The van der Waals surface area contributed by atoms with Gasteiger partial charge in [-0.2, -0.15) is 0 Å². The number of rotatable bonds is 1. The predicted octanol–water partition coefficient (Wildman–Crippen LogP) is 1.78. The van der Waals surface area contributed by atoms with Gasteiger partial charge in [0.15, 0.2) is 0 Å². The van der Waals surface area contributed by atoms with Crippen molar-refractivity contribution in [2.24, 2.45) is 0 Å². The summed E-state index contributed by atoms with van der Waals surface area (Å²) in [6, 6.07) is 4.18. The minimum Gasteiger partial charge on any atom is -0.315 e. The van der Waals surface area contributed by atoms with E-state index in [9.17, 15) is 0 Å². The zero-order chi connectivity index (χ0) is 9.54. The van der Waals surface area contributed by atoms with Crippen LogP contribution >= 0.6 is 15.9 Å². The fraction of sp³-hybridized carbons (Fsp3) is 0.300. The van der Waals surface area contributed by atoms with Crippen molar-refractivity contribution in [3.63, 3.8) is 0 Å². The number of hydrogen-bond donors (Lipinski definition) is 1. The van der Waals surface area contributed by atoms with Gasteiger partial charge in [0.1, 0.15) is 0 Å². The normalized spacial score (nSPS) is 17.2. The van der Waals surface area contributed by atoms with E-state index in [1.807, 2.05) is 12.5 Å². The minimum atomic E-state index is 0.598. The van der Waals surface area contributed by atoms with Crippen molar-refractivity contribution in [3.8, 4) is 0 Å². The van der Waals surface area contributed by atoms with Crippen LogP contribution in [0.3, 0.4) is 0 Å². The van der Waals surface area contributed by atoms with Crippen LogP contribution in [0.1, 0.15) is 11.6 Å². The van der Waals surface area contributed by atoms with E-state index >= 15 is 0 Å². The smallest absolute Gasteiger partial charge is 0.0995 e. The molecule has 3 rings (SSSR count). The zero-order valence-corrected chi connectivity index (χ0v) is 9.16. The molecule has 0 spiro atoms. The Morgan fingerprint density at radius 2 is 2.29 bits per heavy atom. The zero-order valence-electron chi connectivity index (χ0n) is 7.57. The second-order valence-electron chi connectivity index (χ2n) is 3.62. The summed E-state index contributed by atoms with van der Waals surface area (Å²) in [4.78, 5) is 4.46. The van der Waals surface area contributed by atoms with Gasteiger partial charge in [0.05, 0.1) is 17.5 Å². The van der Waals surface area contributed by atoms with E-state index in [1.165, 1.54) is 11.2 Å². The Labute approximate surface area is 90.3 Å². The lowest BCUT2D eigenvalue weighted by atomic mass is 9.98. The average Bonchev–Trinajstić information content (AvgIpc) is 2.45. The quantitative estimate of drug-likeness (QED) is 0.838. The van der Waals surface area contributed by atoms with Crippen molar-refractivity contribution in [1.82, 2.24) is 14.7 Å². The van der Waals surface area contributed by atoms with E-state index in [4.69, 9.17) is 0 Å². The molecule has 3 nitrogen and oxygen atoms in total. The molecular weight excluding hydrogens is 242 g/mol. The maximum Gasteiger partial charge on any atom is 0.0995 e.